The van der Waals surface area contributed by atoms with Crippen molar-refractivity contribution in [1.29, 1.82) is 0 Å². The second-order valence-corrected chi connectivity index (χ2v) is 9.06. The van der Waals surface area contributed by atoms with Gasteiger partial charge in [0.2, 0.25) is 0 Å². The highest BCUT2D eigenvalue weighted by atomic mass is 16.3. The molecule has 0 spiro atoms. The fourth-order valence-electron chi connectivity index (χ4n) is 4.77. The van der Waals surface area contributed by atoms with Crippen LogP contribution in [0.1, 0.15) is 30.9 Å². The summed E-state index contributed by atoms with van der Waals surface area (Å²) in [6.07, 6.45) is 5.46. The van der Waals surface area contributed by atoms with Crippen LogP contribution in [0.4, 0.5) is 11.6 Å². The first kappa shape index (κ1) is 19.9. The van der Waals surface area contributed by atoms with Gasteiger partial charge >= 0.3 is 0 Å². The molecular formula is C25H29N5O. The van der Waals surface area contributed by atoms with Gasteiger partial charge < -0.3 is 15.3 Å². The molecule has 2 N–H and O–H groups in total. The molecular weight excluding hydrogens is 386 g/mol. The monoisotopic (exact) mass is 415 g/mol. The highest BCUT2D eigenvalue weighted by molar-refractivity contribution is 5.59. The lowest BCUT2D eigenvalue weighted by molar-refractivity contribution is -0.0523. The van der Waals surface area contributed by atoms with Gasteiger partial charge in [-0.3, -0.25) is 4.98 Å². The number of hydrogen-bond donors (Lipinski definition) is 2. The van der Waals surface area contributed by atoms with Gasteiger partial charge in [-0.25, -0.2) is 9.97 Å². The van der Waals surface area contributed by atoms with Crippen molar-refractivity contribution in [3.8, 4) is 11.5 Å². The Balaban J connectivity index is 1.39. The minimum absolute atomic E-state index is 0.472. The molecule has 2 aromatic heterocycles. The van der Waals surface area contributed by atoms with Crippen molar-refractivity contribution in [3.05, 3.63) is 65.9 Å². The molecule has 160 valence electrons. The maximum Gasteiger partial charge on any atom is 0.182 e. The lowest BCUT2D eigenvalue weighted by Gasteiger charge is -2.41. The van der Waals surface area contributed by atoms with Crippen molar-refractivity contribution in [2.24, 2.45) is 5.92 Å². The summed E-state index contributed by atoms with van der Waals surface area (Å²) in [5, 5.41) is 13.5. The molecule has 1 aromatic carbocycles. The van der Waals surface area contributed by atoms with Gasteiger partial charge in [0, 0.05) is 31.9 Å². The van der Waals surface area contributed by atoms with Gasteiger partial charge in [0.25, 0.3) is 0 Å². The SMILES string of the molecule is CC1(O)CC(CNc2cc(N3CCc4ccccc4CC3)nc(-c3ccccn3)n2)C1. The first-order chi connectivity index (χ1) is 15.1. The standard InChI is InChI=1S/C25H29N5O/c1-25(31)15-18(16-25)17-27-22-14-23(29-24(28-22)21-8-4-5-11-26-21)30-12-9-19-6-2-3-7-20(19)10-13-30/h2-8,11,14,18,31H,9-10,12-13,15-17H2,1H3,(H,27,28,29). The zero-order valence-corrected chi connectivity index (χ0v) is 18.0. The summed E-state index contributed by atoms with van der Waals surface area (Å²) in [7, 11) is 0. The number of fused-ring (bicyclic) bond motifs is 1. The predicted molar refractivity (Wildman–Crippen MR) is 123 cm³/mol. The number of nitrogens with zero attached hydrogens (tertiary/aromatic N) is 4. The average Bonchev–Trinajstić information content (AvgIpc) is 2.99. The quantitative estimate of drug-likeness (QED) is 0.662. The Hall–Kier alpha value is -2.99. The number of rotatable bonds is 5. The highest BCUT2D eigenvalue weighted by Gasteiger charge is 2.37. The van der Waals surface area contributed by atoms with E-state index in [-0.39, 0.29) is 0 Å². The smallest absolute Gasteiger partial charge is 0.182 e. The van der Waals surface area contributed by atoms with Gasteiger partial charge in [0.1, 0.15) is 17.3 Å². The summed E-state index contributed by atoms with van der Waals surface area (Å²) in [4.78, 5) is 16.5. The average molecular weight is 416 g/mol. The van der Waals surface area contributed by atoms with Crippen molar-refractivity contribution in [2.75, 3.05) is 29.9 Å². The third kappa shape index (κ3) is 4.54. The summed E-state index contributed by atoms with van der Waals surface area (Å²) in [6, 6.07) is 16.6. The van der Waals surface area contributed by atoms with Crippen LogP contribution in [0.3, 0.4) is 0 Å². The summed E-state index contributed by atoms with van der Waals surface area (Å²) in [5.41, 5.74) is 3.12. The molecule has 0 amide bonds. The van der Waals surface area contributed by atoms with Crippen LogP contribution in [0.25, 0.3) is 11.5 Å². The van der Waals surface area contributed by atoms with Crippen molar-refractivity contribution in [3.63, 3.8) is 0 Å². The maximum absolute atomic E-state index is 10.0. The van der Waals surface area contributed by atoms with Crippen LogP contribution in [0.15, 0.2) is 54.7 Å². The molecule has 3 heterocycles. The molecule has 2 aliphatic rings. The van der Waals surface area contributed by atoms with E-state index >= 15 is 0 Å². The second-order valence-electron chi connectivity index (χ2n) is 9.06. The summed E-state index contributed by atoms with van der Waals surface area (Å²) < 4.78 is 0. The third-order valence-corrected chi connectivity index (χ3v) is 6.38. The molecule has 1 aliphatic heterocycles. The van der Waals surface area contributed by atoms with Crippen LogP contribution >= 0.6 is 0 Å². The first-order valence-corrected chi connectivity index (χ1v) is 11.1. The van der Waals surface area contributed by atoms with E-state index in [2.05, 4.69) is 45.5 Å². The lowest BCUT2D eigenvalue weighted by atomic mass is 9.72. The van der Waals surface area contributed by atoms with Crippen LogP contribution in [0.2, 0.25) is 0 Å². The molecule has 1 fully saturated rings. The van der Waals surface area contributed by atoms with Crippen LogP contribution in [0.5, 0.6) is 0 Å². The number of benzene rings is 1. The normalized spacial score (nSPS) is 22.9. The second kappa shape index (κ2) is 8.27. The molecule has 0 saturated heterocycles. The van der Waals surface area contributed by atoms with Crippen molar-refractivity contribution in [2.45, 2.75) is 38.2 Å². The number of aliphatic hydroxyl groups is 1. The Morgan fingerprint density at radius 2 is 1.74 bits per heavy atom. The fourth-order valence-corrected chi connectivity index (χ4v) is 4.77. The Morgan fingerprint density at radius 1 is 1.03 bits per heavy atom. The van der Waals surface area contributed by atoms with Gasteiger partial charge in [0.15, 0.2) is 5.82 Å². The summed E-state index contributed by atoms with van der Waals surface area (Å²) in [6.45, 7) is 4.57. The van der Waals surface area contributed by atoms with Crippen LogP contribution in [-0.4, -0.2) is 45.3 Å². The largest absolute Gasteiger partial charge is 0.390 e. The van der Waals surface area contributed by atoms with E-state index in [1.54, 1.807) is 6.20 Å². The number of aromatic nitrogens is 3. The van der Waals surface area contributed by atoms with Gasteiger partial charge in [-0.05, 0) is 61.8 Å². The van der Waals surface area contributed by atoms with Gasteiger partial charge in [-0.15, -0.1) is 0 Å². The first-order valence-electron chi connectivity index (χ1n) is 11.1. The molecule has 31 heavy (non-hydrogen) atoms. The van der Waals surface area contributed by atoms with Crippen molar-refractivity contribution < 1.29 is 5.11 Å². The number of nitrogens with one attached hydrogen (secondary N) is 1. The van der Waals surface area contributed by atoms with Gasteiger partial charge in [-0.1, -0.05) is 30.3 Å². The van der Waals surface area contributed by atoms with E-state index in [9.17, 15) is 5.11 Å². The van der Waals surface area contributed by atoms with Crippen LogP contribution in [-0.2, 0) is 12.8 Å². The molecule has 6 heteroatoms. The van der Waals surface area contributed by atoms with Crippen molar-refractivity contribution in [1.82, 2.24) is 15.0 Å². The lowest BCUT2D eigenvalue weighted by Crippen LogP contribution is -2.43. The van der Waals surface area contributed by atoms with E-state index in [0.29, 0.717) is 11.7 Å². The molecule has 6 nitrogen and oxygen atoms in total. The zero-order chi connectivity index (χ0) is 21.3. The summed E-state index contributed by atoms with van der Waals surface area (Å²) >= 11 is 0. The van der Waals surface area contributed by atoms with Gasteiger partial charge in [-0.2, -0.15) is 0 Å². The third-order valence-electron chi connectivity index (χ3n) is 6.38. The molecule has 1 saturated carbocycles. The Kier molecular flexibility index (Phi) is 5.32. The Labute approximate surface area is 183 Å². The topological polar surface area (TPSA) is 74.2 Å². The number of pyridine rings is 1. The predicted octanol–water partition coefficient (Wildman–Crippen LogP) is 3.72. The molecule has 3 aromatic rings. The van der Waals surface area contributed by atoms with Crippen LogP contribution < -0.4 is 10.2 Å². The molecule has 1 aliphatic carbocycles. The highest BCUT2D eigenvalue weighted by Crippen LogP contribution is 2.37. The number of hydrogen-bond acceptors (Lipinski definition) is 6. The van der Waals surface area contributed by atoms with Crippen LogP contribution in [0, 0.1) is 5.92 Å². The van der Waals surface area contributed by atoms with E-state index in [4.69, 9.17) is 9.97 Å². The van der Waals surface area contributed by atoms with E-state index in [0.717, 1.165) is 62.6 Å². The molecule has 0 radical (unpaired) electrons. The fraction of sp³-hybridized carbons (Fsp3) is 0.400. The Morgan fingerprint density at radius 3 is 2.39 bits per heavy atom. The number of anilines is 2. The maximum atomic E-state index is 10.0. The minimum Gasteiger partial charge on any atom is -0.390 e. The van der Waals surface area contributed by atoms with Crippen molar-refractivity contribution >= 4 is 11.6 Å². The molecule has 0 bridgehead atoms. The zero-order valence-electron chi connectivity index (χ0n) is 18.0. The van der Waals surface area contributed by atoms with E-state index in [1.165, 1.54) is 11.1 Å². The molecule has 5 rings (SSSR count). The van der Waals surface area contributed by atoms with E-state index in [1.807, 2.05) is 25.1 Å². The molecule has 0 atom stereocenters. The van der Waals surface area contributed by atoms with Gasteiger partial charge in [0.05, 0.1) is 5.60 Å². The Bertz CT molecular complexity index is 1020. The van der Waals surface area contributed by atoms with E-state index < -0.39 is 5.60 Å². The summed E-state index contributed by atoms with van der Waals surface area (Å²) in [5.74, 6) is 2.87. The minimum atomic E-state index is -0.511. The molecule has 0 unspecified atom stereocenters.